The van der Waals surface area contributed by atoms with Crippen LogP contribution in [0.5, 0.6) is 5.75 Å². The number of thioether (sulfide) groups is 1. The zero-order chi connectivity index (χ0) is 27.7. The van der Waals surface area contributed by atoms with Gasteiger partial charge in [-0.25, -0.2) is 0 Å². The number of ether oxygens (including phenoxy) is 1. The first-order valence-electron chi connectivity index (χ1n) is 12.5. The van der Waals surface area contributed by atoms with Crippen molar-refractivity contribution in [2.45, 2.75) is 12.7 Å². The number of nitrogens with zero attached hydrogens (tertiary/aromatic N) is 5. The van der Waals surface area contributed by atoms with Gasteiger partial charge in [-0.05, 0) is 60.3 Å². The molecule has 2 fully saturated rings. The zero-order valence-electron chi connectivity index (χ0n) is 21.6. The maximum atomic E-state index is 13.6. The number of alkyl halides is 3. The molecule has 0 radical (unpaired) electrons. The van der Waals surface area contributed by atoms with Crippen molar-refractivity contribution >= 4 is 39.9 Å². The number of piperazine rings is 1. The van der Waals surface area contributed by atoms with E-state index in [0.717, 1.165) is 44.0 Å². The summed E-state index contributed by atoms with van der Waals surface area (Å²) in [5.74, 6) is -0.182. The molecule has 39 heavy (non-hydrogen) atoms. The summed E-state index contributed by atoms with van der Waals surface area (Å²) in [5.41, 5.74) is 0.650. The number of carbonyl (C=O) groups excluding carboxylic acids is 2. The molecule has 2 saturated heterocycles. The number of amides is 2. The standard InChI is InChI=1S/C27H28F3N5O3S/c1-32-7-9-33(10-8-32)11-12-34-25(36)24(39-26(34)37)14-18-3-6-23-20(13-18)16-31-35(23)17-19-4-5-21(38-2)15-22(19)27(28,29)30/h3-6,13-16H,7-12,17H2,1-2H3. The lowest BCUT2D eigenvalue weighted by Crippen LogP contribution is -2.47. The number of hydrogen-bond donors (Lipinski definition) is 0. The molecule has 0 spiro atoms. The van der Waals surface area contributed by atoms with Crippen LogP contribution in [0.3, 0.4) is 0 Å². The summed E-state index contributed by atoms with van der Waals surface area (Å²) >= 11 is 0.917. The number of carbonyl (C=O) groups is 2. The van der Waals surface area contributed by atoms with Crippen molar-refractivity contribution in [3.05, 3.63) is 64.2 Å². The lowest BCUT2D eigenvalue weighted by atomic mass is 10.1. The molecular weight excluding hydrogens is 531 g/mol. The molecule has 206 valence electrons. The maximum absolute atomic E-state index is 13.6. The fourth-order valence-corrected chi connectivity index (χ4v) is 5.59. The van der Waals surface area contributed by atoms with Crippen LogP contribution in [0.1, 0.15) is 16.7 Å². The molecule has 1 aromatic heterocycles. The van der Waals surface area contributed by atoms with E-state index < -0.39 is 11.7 Å². The van der Waals surface area contributed by atoms with Crippen LogP contribution in [-0.2, 0) is 17.5 Å². The monoisotopic (exact) mass is 559 g/mol. The van der Waals surface area contributed by atoms with Gasteiger partial charge in [0.2, 0.25) is 0 Å². The number of benzene rings is 2. The molecule has 3 heterocycles. The van der Waals surface area contributed by atoms with Gasteiger partial charge in [0.05, 0.1) is 35.8 Å². The number of rotatable bonds is 7. The Labute approximate surface area is 228 Å². The number of imide groups is 1. The van der Waals surface area contributed by atoms with Crippen LogP contribution < -0.4 is 4.74 Å². The van der Waals surface area contributed by atoms with E-state index in [1.54, 1.807) is 30.5 Å². The fraction of sp³-hybridized carbons (Fsp3) is 0.370. The molecule has 0 bridgehead atoms. The van der Waals surface area contributed by atoms with E-state index in [2.05, 4.69) is 21.9 Å². The molecular formula is C27H28F3N5O3S. The molecule has 3 aromatic rings. The summed E-state index contributed by atoms with van der Waals surface area (Å²) in [7, 11) is 3.40. The number of hydrogen-bond acceptors (Lipinski definition) is 7. The topological polar surface area (TPSA) is 70.9 Å². The van der Waals surface area contributed by atoms with E-state index in [1.165, 1.54) is 28.8 Å². The second-order valence-corrected chi connectivity index (χ2v) is 10.6. The van der Waals surface area contributed by atoms with Crippen molar-refractivity contribution in [2.24, 2.45) is 0 Å². The highest BCUT2D eigenvalue weighted by Crippen LogP contribution is 2.36. The Morgan fingerprint density at radius 3 is 2.54 bits per heavy atom. The molecule has 8 nitrogen and oxygen atoms in total. The predicted octanol–water partition coefficient (Wildman–Crippen LogP) is 4.40. The van der Waals surface area contributed by atoms with Crippen LogP contribution in [0.4, 0.5) is 18.0 Å². The lowest BCUT2D eigenvalue weighted by Gasteiger charge is -2.32. The van der Waals surface area contributed by atoms with Crippen LogP contribution in [-0.4, -0.2) is 89.1 Å². The summed E-state index contributed by atoms with van der Waals surface area (Å²) in [6, 6.07) is 9.18. The zero-order valence-corrected chi connectivity index (χ0v) is 22.4. The second-order valence-electron chi connectivity index (χ2n) is 9.62. The number of aromatic nitrogens is 2. The fourth-order valence-electron chi connectivity index (χ4n) is 4.72. The van der Waals surface area contributed by atoms with Crippen molar-refractivity contribution in [3.63, 3.8) is 0 Å². The summed E-state index contributed by atoms with van der Waals surface area (Å²) in [6.45, 7) is 4.67. The SMILES string of the molecule is COc1ccc(Cn2ncc3cc(C=C4SC(=O)N(CCN5CCN(C)CC5)C4=O)ccc32)c(C(F)(F)F)c1. The molecule has 0 unspecified atom stereocenters. The first-order valence-corrected chi connectivity index (χ1v) is 13.3. The van der Waals surface area contributed by atoms with Gasteiger partial charge in [0.15, 0.2) is 0 Å². The summed E-state index contributed by atoms with van der Waals surface area (Å²) in [5, 5.41) is 4.72. The van der Waals surface area contributed by atoms with Crippen LogP contribution >= 0.6 is 11.8 Å². The quantitative estimate of drug-likeness (QED) is 0.398. The third-order valence-corrected chi connectivity index (χ3v) is 7.92. The first kappa shape index (κ1) is 27.2. The summed E-state index contributed by atoms with van der Waals surface area (Å²) in [4.78, 5) is 31.6. The average Bonchev–Trinajstić information content (AvgIpc) is 3.42. The van der Waals surface area contributed by atoms with Crippen molar-refractivity contribution < 1.29 is 27.5 Å². The highest BCUT2D eigenvalue weighted by atomic mass is 32.2. The van der Waals surface area contributed by atoms with Gasteiger partial charge >= 0.3 is 6.18 Å². The highest BCUT2D eigenvalue weighted by Gasteiger charge is 2.35. The van der Waals surface area contributed by atoms with Gasteiger partial charge in [-0.2, -0.15) is 18.3 Å². The molecule has 5 rings (SSSR count). The molecule has 2 aromatic carbocycles. The number of fused-ring (bicyclic) bond motifs is 1. The van der Waals surface area contributed by atoms with Crippen LogP contribution in [0.2, 0.25) is 0 Å². The highest BCUT2D eigenvalue weighted by molar-refractivity contribution is 8.18. The Bertz CT molecular complexity index is 1430. The largest absolute Gasteiger partial charge is 0.497 e. The van der Waals surface area contributed by atoms with Gasteiger partial charge < -0.3 is 9.64 Å². The molecule has 0 saturated carbocycles. The van der Waals surface area contributed by atoms with Crippen molar-refractivity contribution in [1.82, 2.24) is 24.5 Å². The number of halogens is 3. The van der Waals surface area contributed by atoms with E-state index in [-0.39, 0.29) is 29.0 Å². The van der Waals surface area contributed by atoms with Gasteiger partial charge in [0, 0.05) is 44.7 Å². The van der Waals surface area contributed by atoms with E-state index in [4.69, 9.17) is 4.74 Å². The first-order chi connectivity index (χ1) is 18.6. The Balaban J connectivity index is 1.30. The Hall–Kier alpha value is -3.35. The summed E-state index contributed by atoms with van der Waals surface area (Å²) < 4.78 is 47.4. The van der Waals surface area contributed by atoms with Gasteiger partial charge in [0.1, 0.15) is 5.75 Å². The molecule has 12 heteroatoms. The van der Waals surface area contributed by atoms with Crippen LogP contribution in [0.25, 0.3) is 17.0 Å². The van der Waals surface area contributed by atoms with E-state index in [1.807, 2.05) is 0 Å². The lowest BCUT2D eigenvalue weighted by molar-refractivity contribution is -0.138. The molecule has 0 atom stereocenters. The molecule has 2 aliphatic rings. The van der Waals surface area contributed by atoms with E-state index >= 15 is 0 Å². The van der Waals surface area contributed by atoms with Gasteiger partial charge in [-0.3, -0.25) is 24.1 Å². The normalized spacial score (nSPS) is 18.6. The minimum Gasteiger partial charge on any atom is -0.497 e. The predicted molar refractivity (Wildman–Crippen MR) is 143 cm³/mol. The third-order valence-electron chi connectivity index (χ3n) is 7.02. The van der Waals surface area contributed by atoms with Gasteiger partial charge in [0.25, 0.3) is 11.1 Å². The molecule has 2 aliphatic heterocycles. The molecule has 0 aliphatic carbocycles. The molecule has 0 N–H and O–H groups in total. The maximum Gasteiger partial charge on any atom is 0.416 e. The van der Waals surface area contributed by atoms with Crippen LogP contribution in [0, 0.1) is 0 Å². The number of methoxy groups -OCH3 is 1. The third kappa shape index (κ3) is 5.97. The average molecular weight is 560 g/mol. The van der Waals surface area contributed by atoms with Crippen LogP contribution in [0.15, 0.2) is 47.5 Å². The minimum absolute atomic E-state index is 0.0719. The van der Waals surface area contributed by atoms with Gasteiger partial charge in [-0.15, -0.1) is 0 Å². The minimum atomic E-state index is -4.53. The smallest absolute Gasteiger partial charge is 0.416 e. The van der Waals surface area contributed by atoms with Crippen molar-refractivity contribution in [1.29, 1.82) is 0 Å². The second kappa shape index (κ2) is 11.0. The number of likely N-dealkylation sites (N-methyl/N-ethyl adjacent to an activating group) is 1. The Kier molecular flexibility index (Phi) is 7.70. The van der Waals surface area contributed by atoms with E-state index in [0.29, 0.717) is 34.5 Å². The van der Waals surface area contributed by atoms with Gasteiger partial charge in [-0.1, -0.05) is 12.1 Å². The van der Waals surface area contributed by atoms with Crippen molar-refractivity contribution in [3.8, 4) is 5.75 Å². The van der Waals surface area contributed by atoms with E-state index in [9.17, 15) is 22.8 Å². The molecule has 2 amide bonds. The van der Waals surface area contributed by atoms with Crippen molar-refractivity contribution in [2.75, 3.05) is 53.4 Å². The Morgan fingerprint density at radius 1 is 1.05 bits per heavy atom. The Morgan fingerprint density at radius 2 is 1.82 bits per heavy atom. The summed E-state index contributed by atoms with van der Waals surface area (Å²) in [6.07, 6.45) is -1.29.